The van der Waals surface area contributed by atoms with Crippen LogP contribution in [0.15, 0.2) is 30.3 Å². The predicted octanol–water partition coefficient (Wildman–Crippen LogP) is 8.84. The minimum absolute atomic E-state index is 0.0477. The van der Waals surface area contributed by atoms with Gasteiger partial charge in [-0.15, -0.1) is 0 Å². The Morgan fingerprint density at radius 2 is 1.79 bits per heavy atom. The van der Waals surface area contributed by atoms with Gasteiger partial charge in [-0.3, -0.25) is 0 Å². The van der Waals surface area contributed by atoms with Gasteiger partial charge in [-0.25, -0.2) is 4.79 Å². The average Bonchev–Trinajstić information content (AvgIpc) is 3.51. The molecule has 0 bridgehead atoms. The Morgan fingerprint density at radius 1 is 1.03 bits per heavy atom. The molecule has 1 heterocycles. The number of fused-ring (bicyclic) bond motifs is 4. The molecular weight excluding hydrogens is 536 g/mol. The molecule has 1 saturated heterocycles. The van der Waals surface area contributed by atoms with E-state index in [1.54, 1.807) is 0 Å². The number of benzene rings is 1. The summed E-state index contributed by atoms with van der Waals surface area (Å²) in [5.41, 5.74) is 1.18. The summed E-state index contributed by atoms with van der Waals surface area (Å²) in [7, 11) is 0. The second-order valence-corrected chi connectivity index (χ2v) is 15.8. The van der Waals surface area contributed by atoms with Crippen LogP contribution in [-0.2, 0) is 9.47 Å². The Hall–Kier alpha value is -0.870. The van der Waals surface area contributed by atoms with E-state index in [0.29, 0.717) is 27.6 Å². The van der Waals surface area contributed by atoms with Crippen molar-refractivity contribution in [3.05, 3.63) is 35.9 Å². The lowest BCUT2D eigenvalue weighted by atomic mass is 9.44. The summed E-state index contributed by atoms with van der Waals surface area (Å²) in [5.74, 6) is 4.53. The molecule has 3 nitrogen and oxygen atoms in total. The van der Waals surface area contributed by atoms with E-state index < -0.39 is 0 Å². The van der Waals surface area contributed by atoms with E-state index in [0.717, 1.165) is 42.9 Å². The molecule has 6 rings (SSSR count). The Labute approximate surface area is 239 Å². The third kappa shape index (κ3) is 4.16. The summed E-state index contributed by atoms with van der Waals surface area (Å²) in [4.78, 5) is 13.3. The first kappa shape index (κ1) is 27.3. The average molecular weight is 586 g/mol. The van der Waals surface area contributed by atoms with Gasteiger partial charge < -0.3 is 9.47 Å². The molecule has 5 aliphatic rings. The van der Waals surface area contributed by atoms with Crippen molar-refractivity contribution < 1.29 is 14.3 Å². The first-order valence-electron chi connectivity index (χ1n) is 15.7. The van der Waals surface area contributed by atoms with Gasteiger partial charge in [0.05, 0.1) is 5.56 Å². The normalized spacial score (nSPS) is 45.9. The third-order valence-corrected chi connectivity index (χ3v) is 13.6. The van der Waals surface area contributed by atoms with Crippen molar-refractivity contribution in [3.8, 4) is 0 Å². The monoisotopic (exact) mass is 584 g/mol. The zero-order chi connectivity index (χ0) is 26.9. The summed E-state index contributed by atoms with van der Waals surface area (Å²) < 4.78 is 12.9. The maximum atomic E-state index is 12.8. The van der Waals surface area contributed by atoms with Gasteiger partial charge >= 0.3 is 5.97 Å². The highest BCUT2D eigenvalue weighted by molar-refractivity contribution is 9.09. The molecule has 0 N–H and O–H groups in total. The number of hydrogen-bond acceptors (Lipinski definition) is 3. The van der Waals surface area contributed by atoms with Crippen LogP contribution in [0.4, 0.5) is 0 Å². The van der Waals surface area contributed by atoms with Crippen molar-refractivity contribution in [1.82, 2.24) is 0 Å². The molecule has 1 aromatic carbocycles. The van der Waals surface area contributed by atoms with Gasteiger partial charge in [-0.05, 0) is 91.6 Å². The lowest BCUT2D eigenvalue weighted by Gasteiger charge is -2.60. The molecule has 0 aromatic heterocycles. The Balaban J connectivity index is 1.17. The lowest BCUT2D eigenvalue weighted by molar-refractivity contribution is -0.115. The van der Waals surface area contributed by atoms with Crippen LogP contribution >= 0.6 is 15.9 Å². The summed E-state index contributed by atoms with van der Waals surface area (Å²) in [5, 5.41) is 0. The first-order chi connectivity index (χ1) is 18.1. The maximum absolute atomic E-state index is 12.8. The molecule has 4 heteroatoms. The molecule has 4 aliphatic carbocycles. The standard InChI is InChI=1S/C34H49BrO3/c1-21(2)10-9-11-22(3)25-14-15-26-28-27(17-18-32(25,26)4)33(5)19-16-24(20-34(33)30(38-34)29(28)35)37-31(36)23-12-7-6-8-13-23/h6-8,12-13,21-22,24-30H,9-11,14-20H2,1-5H3. The van der Waals surface area contributed by atoms with Gasteiger partial charge in [0, 0.05) is 16.7 Å². The number of alkyl halides is 1. The second kappa shape index (κ2) is 9.89. The number of halogens is 1. The number of rotatable bonds is 7. The number of epoxide rings is 1. The Kier molecular flexibility index (Phi) is 7.11. The molecular formula is C34H49BrO3. The van der Waals surface area contributed by atoms with Crippen LogP contribution in [0.3, 0.4) is 0 Å². The fourth-order valence-electron chi connectivity index (χ4n) is 10.5. The fraction of sp³-hybridized carbons (Fsp3) is 0.794. The maximum Gasteiger partial charge on any atom is 0.338 e. The molecule has 1 aromatic rings. The van der Waals surface area contributed by atoms with Gasteiger partial charge in [0.1, 0.15) is 17.8 Å². The van der Waals surface area contributed by atoms with Gasteiger partial charge in [-0.2, -0.15) is 0 Å². The highest BCUT2D eigenvalue weighted by Crippen LogP contribution is 2.75. The molecule has 11 atom stereocenters. The van der Waals surface area contributed by atoms with E-state index in [1.165, 1.54) is 44.9 Å². The number of carbonyl (C=O) groups is 1. The van der Waals surface area contributed by atoms with Crippen LogP contribution < -0.4 is 0 Å². The largest absolute Gasteiger partial charge is 0.459 e. The van der Waals surface area contributed by atoms with Crippen LogP contribution in [0.1, 0.15) is 109 Å². The van der Waals surface area contributed by atoms with E-state index in [9.17, 15) is 4.79 Å². The van der Waals surface area contributed by atoms with Crippen LogP contribution in [0.25, 0.3) is 0 Å². The second-order valence-electron chi connectivity index (χ2n) is 14.7. The zero-order valence-electron chi connectivity index (χ0n) is 24.3. The smallest absolute Gasteiger partial charge is 0.338 e. The van der Waals surface area contributed by atoms with Gasteiger partial charge in [0.15, 0.2) is 0 Å². The number of carbonyl (C=O) groups excluding carboxylic acids is 1. The Bertz CT molecular complexity index is 1030. The molecule has 1 aliphatic heterocycles. The third-order valence-electron chi connectivity index (χ3n) is 12.5. The van der Waals surface area contributed by atoms with E-state index in [2.05, 4.69) is 50.5 Å². The van der Waals surface area contributed by atoms with Crippen molar-refractivity contribution in [2.75, 3.05) is 0 Å². The highest BCUT2D eigenvalue weighted by Gasteiger charge is 2.79. The number of hydrogen-bond donors (Lipinski definition) is 0. The van der Waals surface area contributed by atoms with E-state index in [4.69, 9.17) is 9.47 Å². The van der Waals surface area contributed by atoms with Gasteiger partial charge in [0.2, 0.25) is 0 Å². The molecule has 5 fully saturated rings. The quantitative estimate of drug-likeness (QED) is 0.182. The molecule has 210 valence electrons. The van der Waals surface area contributed by atoms with Crippen LogP contribution in [0, 0.1) is 46.3 Å². The van der Waals surface area contributed by atoms with Crippen molar-refractivity contribution in [3.63, 3.8) is 0 Å². The van der Waals surface area contributed by atoms with E-state index in [-0.39, 0.29) is 29.2 Å². The predicted molar refractivity (Wildman–Crippen MR) is 156 cm³/mol. The minimum Gasteiger partial charge on any atom is -0.459 e. The molecule has 11 unspecified atom stereocenters. The summed E-state index contributed by atoms with van der Waals surface area (Å²) in [6.07, 6.45) is 12.8. The zero-order valence-corrected chi connectivity index (χ0v) is 25.8. The first-order valence-corrected chi connectivity index (χ1v) is 16.6. The number of ether oxygens (including phenoxy) is 2. The summed E-state index contributed by atoms with van der Waals surface area (Å²) in [6, 6.07) is 9.45. The number of esters is 1. The van der Waals surface area contributed by atoms with Crippen LogP contribution in [0.5, 0.6) is 0 Å². The van der Waals surface area contributed by atoms with Crippen molar-refractivity contribution in [2.24, 2.45) is 46.3 Å². The van der Waals surface area contributed by atoms with Gasteiger partial charge in [0.25, 0.3) is 0 Å². The fourth-order valence-corrected chi connectivity index (χ4v) is 11.8. The SMILES string of the molecule is CC(C)CCCC(C)C1CCC2C3C(Br)C4OC45CC(OC(=O)c4ccccc4)CCC5(C)C3CCC12C. The molecule has 1 spiro atoms. The van der Waals surface area contributed by atoms with Gasteiger partial charge in [-0.1, -0.05) is 88.0 Å². The highest BCUT2D eigenvalue weighted by atomic mass is 79.9. The van der Waals surface area contributed by atoms with Crippen LogP contribution in [-0.4, -0.2) is 28.6 Å². The minimum atomic E-state index is -0.190. The topological polar surface area (TPSA) is 38.8 Å². The van der Waals surface area contributed by atoms with Crippen LogP contribution in [0.2, 0.25) is 0 Å². The summed E-state index contributed by atoms with van der Waals surface area (Å²) >= 11 is 4.27. The Morgan fingerprint density at radius 3 is 2.53 bits per heavy atom. The van der Waals surface area contributed by atoms with E-state index >= 15 is 0 Å². The molecule has 0 radical (unpaired) electrons. The van der Waals surface area contributed by atoms with E-state index in [1.807, 2.05) is 30.3 Å². The van der Waals surface area contributed by atoms with Crippen molar-refractivity contribution >= 4 is 21.9 Å². The lowest BCUT2D eigenvalue weighted by Crippen LogP contribution is -2.62. The van der Waals surface area contributed by atoms with Crippen molar-refractivity contribution in [1.29, 1.82) is 0 Å². The summed E-state index contributed by atoms with van der Waals surface area (Å²) in [6.45, 7) is 12.5. The molecule has 0 amide bonds. The molecule has 38 heavy (non-hydrogen) atoms. The van der Waals surface area contributed by atoms with Crippen molar-refractivity contribution in [2.45, 2.75) is 121 Å². The molecule has 4 saturated carbocycles.